The molecule has 1 spiro atoms. The van der Waals surface area contributed by atoms with E-state index in [1.165, 1.54) is 33.4 Å². The molecule has 0 saturated carbocycles. The molecule has 6 heteroatoms. The standard InChI is InChI=1S/C73H45N3O3/c1-2-18-46(19-3-1)47-38-40-48(41-39-47)74(64-33-15-26-56-54-24-6-12-35-66(54)78-71(56)64)49-20-14-21-50(44-49)75(65-34-16-27-57-55-25-7-13-36-67(55)79-72(57)65)51-42-43-63-69(45-51)77-68-37-17-31-61-70(68)76(63)62-32-11-10-30-60(62)73(61)58-28-8-4-22-52(58)53-23-5-9-29-59(53)73/h1-45H. The summed E-state index contributed by atoms with van der Waals surface area (Å²) in [5.74, 6) is 1.55. The predicted octanol–water partition coefficient (Wildman–Crippen LogP) is 20.3. The molecular formula is C73H45N3O3. The highest BCUT2D eigenvalue weighted by Crippen LogP contribution is 2.67. The predicted molar refractivity (Wildman–Crippen MR) is 321 cm³/mol. The third kappa shape index (κ3) is 6.22. The molecule has 2 aliphatic heterocycles. The fraction of sp³-hybridized carbons (Fsp3) is 0.0137. The lowest BCUT2D eigenvalue weighted by Gasteiger charge is -2.47. The van der Waals surface area contributed by atoms with Gasteiger partial charge >= 0.3 is 0 Å². The van der Waals surface area contributed by atoms with E-state index in [9.17, 15) is 0 Å². The molecule has 0 radical (unpaired) electrons. The number of benzene rings is 12. The van der Waals surface area contributed by atoms with Crippen LogP contribution in [-0.2, 0) is 5.41 Å². The molecule has 0 fully saturated rings. The zero-order chi connectivity index (χ0) is 51.8. The van der Waals surface area contributed by atoms with E-state index in [1.54, 1.807) is 0 Å². The highest BCUT2D eigenvalue weighted by Gasteiger charge is 2.53. The third-order valence-electron chi connectivity index (χ3n) is 16.6. The number of hydrogen-bond acceptors (Lipinski definition) is 6. The number of fused-ring (bicyclic) bond motifs is 17. The van der Waals surface area contributed by atoms with E-state index in [4.69, 9.17) is 13.6 Å². The third-order valence-corrected chi connectivity index (χ3v) is 16.6. The van der Waals surface area contributed by atoms with Crippen molar-refractivity contribution in [3.05, 3.63) is 295 Å². The lowest BCUT2D eigenvalue weighted by molar-refractivity contribution is 0.474. The van der Waals surface area contributed by atoms with Gasteiger partial charge in [-0.3, -0.25) is 0 Å². The van der Waals surface area contributed by atoms with Gasteiger partial charge in [-0.15, -0.1) is 0 Å². The maximum atomic E-state index is 7.29. The first-order chi connectivity index (χ1) is 39.2. The first kappa shape index (κ1) is 43.7. The second-order valence-electron chi connectivity index (χ2n) is 20.7. The molecule has 3 aliphatic rings. The van der Waals surface area contributed by atoms with Crippen LogP contribution in [-0.4, -0.2) is 0 Å². The molecule has 1 aliphatic carbocycles. The largest absolute Gasteiger partial charge is 0.454 e. The molecular weight excluding hydrogens is 967 g/mol. The van der Waals surface area contributed by atoms with Crippen molar-refractivity contribution in [3.63, 3.8) is 0 Å². The molecule has 0 N–H and O–H groups in total. The van der Waals surface area contributed by atoms with E-state index >= 15 is 0 Å². The molecule has 0 bridgehead atoms. The monoisotopic (exact) mass is 1010 g/mol. The summed E-state index contributed by atoms with van der Waals surface area (Å²) >= 11 is 0. The molecule has 79 heavy (non-hydrogen) atoms. The van der Waals surface area contributed by atoms with Crippen molar-refractivity contribution in [2.24, 2.45) is 0 Å². The van der Waals surface area contributed by atoms with E-state index in [0.29, 0.717) is 0 Å². The molecule has 0 atom stereocenters. The summed E-state index contributed by atoms with van der Waals surface area (Å²) in [7, 11) is 0. The van der Waals surface area contributed by atoms with Gasteiger partial charge in [0.25, 0.3) is 0 Å². The average molecular weight is 1010 g/mol. The second kappa shape index (κ2) is 16.7. The maximum absolute atomic E-state index is 7.29. The van der Waals surface area contributed by atoms with Crippen LogP contribution in [0.4, 0.5) is 51.2 Å². The molecule has 14 aromatic rings. The molecule has 370 valence electrons. The van der Waals surface area contributed by atoms with E-state index in [-0.39, 0.29) is 0 Å². The van der Waals surface area contributed by atoms with Gasteiger partial charge in [0.15, 0.2) is 22.7 Å². The van der Waals surface area contributed by atoms with Crippen LogP contribution in [0.1, 0.15) is 22.3 Å². The molecule has 6 nitrogen and oxygen atoms in total. The number of rotatable bonds is 7. The van der Waals surface area contributed by atoms with Gasteiger partial charge in [0.05, 0.1) is 39.5 Å². The first-order valence-corrected chi connectivity index (χ1v) is 26.9. The van der Waals surface area contributed by atoms with Crippen LogP contribution < -0.4 is 19.4 Å². The normalized spacial score (nSPS) is 13.2. The van der Waals surface area contributed by atoms with E-state index in [2.05, 4.69) is 263 Å². The number of anilines is 9. The highest BCUT2D eigenvalue weighted by molar-refractivity contribution is 6.12. The second-order valence-corrected chi connectivity index (χ2v) is 20.7. The van der Waals surface area contributed by atoms with E-state index in [1.807, 2.05) is 24.3 Å². The fourth-order valence-corrected chi connectivity index (χ4v) is 13.4. The van der Waals surface area contributed by atoms with Crippen molar-refractivity contribution in [1.29, 1.82) is 0 Å². The molecule has 12 aromatic carbocycles. The summed E-state index contributed by atoms with van der Waals surface area (Å²) in [6, 6.07) is 97.6. The minimum absolute atomic E-state index is 0.548. The van der Waals surface area contributed by atoms with Crippen LogP contribution in [0, 0.1) is 0 Å². The van der Waals surface area contributed by atoms with Crippen LogP contribution in [0.5, 0.6) is 11.5 Å². The van der Waals surface area contributed by atoms with Crippen LogP contribution in [0.2, 0.25) is 0 Å². The zero-order valence-corrected chi connectivity index (χ0v) is 42.5. The quantitative estimate of drug-likeness (QED) is 0.159. The molecule has 17 rings (SSSR count). The van der Waals surface area contributed by atoms with E-state index in [0.717, 1.165) is 118 Å². The van der Waals surface area contributed by atoms with Crippen molar-refractivity contribution in [3.8, 4) is 33.8 Å². The minimum atomic E-state index is -0.548. The SMILES string of the molecule is c1ccc(-c2ccc(N(c3cccc(N(c4ccc5c(c4)Oc4cccc6c4N5c4ccccc4C64c5ccccc5-c5ccccc54)c4cccc5c4oc4ccccc45)c3)c3cccc4c3oc3ccccc34)cc2)cc1. The summed E-state index contributed by atoms with van der Waals surface area (Å²) in [5.41, 5.74) is 21.3. The summed E-state index contributed by atoms with van der Waals surface area (Å²) in [5, 5.41) is 4.23. The first-order valence-electron chi connectivity index (χ1n) is 26.9. The van der Waals surface area contributed by atoms with Crippen molar-refractivity contribution in [2.75, 3.05) is 14.7 Å². The van der Waals surface area contributed by atoms with Gasteiger partial charge in [0.2, 0.25) is 0 Å². The lowest BCUT2D eigenvalue weighted by Crippen LogP contribution is -2.37. The maximum Gasteiger partial charge on any atom is 0.159 e. The molecule has 2 aromatic heterocycles. The lowest BCUT2D eigenvalue weighted by atomic mass is 9.64. The Hall–Kier alpha value is -10.6. The average Bonchev–Trinajstić information content (AvgIpc) is 3.13. The Morgan fingerprint density at radius 1 is 0.316 bits per heavy atom. The van der Waals surface area contributed by atoms with Gasteiger partial charge in [0.1, 0.15) is 11.2 Å². The summed E-state index contributed by atoms with van der Waals surface area (Å²) in [6.45, 7) is 0. The van der Waals surface area contributed by atoms with Crippen LogP contribution in [0.25, 0.3) is 66.1 Å². The molecule has 0 unspecified atom stereocenters. The van der Waals surface area contributed by atoms with Crippen LogP contribution >= 0.6 is 0 Å². The minimum Gasteiger partial charge on any atom is -0.454 e. The number of nitrogens with zero attached hydrogens (tertiary/aromatic N) is 3. The van der Waals surface area contributed by atoms with Crippen LogP contribution in [0.3, 0.4) is 0 Å². The van der Waals surface area contributed by atoms with Crippen molar-refractivity contribution in [1.82, 2.24) is 0 Å². The van der Waals surface area contributed by atoms with Gasteiger partial charge < -0.3 is 28.3 Å². The van der Waals surface area contributed by atoms with Gasteiger partial charge in [-0.2, -0.15) is 0 Å². The summed E-state index contributed by atoms with van der Waals surface area (Å²) < 4.78 is 21.0. The Morgan fingerprint density at radius 2 is 0.810 bits per heavy atom. The Bertz CT molecular complexity index is 4760. The highest BCUT2D eigenvalue weighted by atomic mass is 16.5. The van der Waals surface area contributed by atoms with Crippen molar-refractivity contribution >= 4 is 95.1 Å². The molecule has 0 amide bonds. The topological polar surface area (TPSA) is 45.2 Å². The summed E-state index contributed by atoms with van der Waals surface area (Å²) in [4.78, 5) is 7.06. The van der Waals surface area contributed by atoms with Crippen molar-refractivity contribution < 1.29 is 13.6 Å². The Morgan fingerprint density at radius 3 is 1.48 bits per heavy atom. The van der Waals surface area contributed by atoms with Gasteiger partial charge in [0, 0.05) is 44.7 Å². The van der Waals surface area contributed by atoms with E-state index < -0.39 is 5.41 Å². The smallest absolute Gasteiger partial charge is 0.159 e. The number of hydrogen-bond donors (Lipinski definition) is 0. The van der Waals surface area contributed by atoms with Gasteiger partial charge in [-0.1, -0.05) is 188 Å². The number of ether oxygens (including phenoxy) is 1. The van der Waals surface area contributed by atoms with Gasteiger partial charge in [-0.05, 0) is 123 Å². The molecule has 4 heterocycles. The molecule has 0 saturated heterocycles. The Balaban J connectivity index is 0.863. The fourth-order valence-electron chi connectivity index (χ4n) is 13.4. The Labute approximate surface area is 455 Å². The Kier molecular flexibility index (Phi) is 9.24. The van der Waals surface area contributed by atoms with Gasteiger partial charge in [-0.25, -0.2) is 0 Å². The summed E-state index contributed by atoms with van der Waals surface area (Å²) in [6.07, 6.45) is 0. The van der Waals surface area contributed by atoms with Crippen molar-refractivity contribution in [2.45, 2.75) is 5.41 Å². The number of para-hydroxylation sites is 6. The number of furan rings is 2. The van der Waals surface area contributed by atoms with Crippen LogP contribution in [0.15, 0.2) is 282 Å². The zero-order valence-electron chi connectivity index (χ0n) is 42.5.